The molecule has 0 aliphatic carbocycles. The highest BCUT2D eigenvalue weighted by molar-refractivity contribution is 6.04. The van der Waals surface area contributed by atoms with Crippen molar-refractivity contribution in [2.24, 2.45) is 0 Å². The molecular weight excluding hydrogens is 171 g/mol. The maximum atomic E-state index is 10.9. The quantitative estimate of drug-likeness (QED) is 0.259. The number of cyclic esters (lactones) is 2. The van der Waals surface area contributed by atoms with Crippen LogP contribution in [0.15, 0.2) is 0 Å². The zero-order valence-electron chi connectivity index (χ0n) is 7.21. The smallest absolute Gasteiger partial charge is 0.375 e. The van der Waals surface area contributed by atoms with Crippen molar-refractivity contribution in [2.75, 3.05) is 6.54 Å². The normalized spacial score (nSPS) is 21.4. The molecule has 0 spiro atoms. The second-order valence-corrected chi connectivity index (χ2v) is 2.86. The van der Waals surface area contributed by atoms with Gasteiger partial charge in [-0.1, -0.05) is 0 Å². The molecule has 1 aliphatic heterocycles. The third kappa shape index (κ3) is 3.06. The predicted octanol–water partition coefficient (Wildman–Crippen LogP) is -0.535. The third-order valence-corrected chi connectivity index (χ3v) is 1.83. The molecule has 0 aromatic rings. The van der Waals surface area contributed by atoms with E-state index in [1.54, 1.807) is 0 Å². The van der Waals surface area contributed by atoms with Crippen molar-refractivity contribution >= 4 is 20.0 Å². The number of ether oxygens (including phenoxy) is 1. The van der Waals surface area contributed by atoms with Crippen molar-refractivity contribution in [1.29, 1.82) is 0 Å². The molecule has 13 heavy (non-hydrogen) atoms. The minimum Gasteiger partial charge on any atom is -0.375 e. The number of carbonyl (C=O) groups is 2. The third-order valence-electron chi connectivity index (χ3n) is 1.83. The van der Waals surface area contributed by atoms with E-state index < -0.39 is 18.1 Å². The molecule has 1 rings (SSSR count). The number of unbranched alkanes of at least 4 members (excludes halogenated alkanes) is 1. The van der Waals surface area contributed by atoms with Gasteiger partial charge in [-0.15, -0.1) is 0 Å². The lowest BCUT2D eigenvalue weighted by molar-refractivity contribution is -0.135. The van der Waals surface area contributed by atoms with E-state index in [0.29, 0.717) is 13.0 Å². The summed E-state index contributed by atoms with van der Waals surface area (Å²) in [5.74, 6) is -0.481. The Labute approximate surface area is 77.6 Å². The van der Waals surface area contributed by atoms with Crippen LogP contribution in [0.4, 0.5) is 4.79 Å². The van der Waals surface area contributed by atoms with E-state index in [1.165, 1.54) is 0 Å². The van der Waals surface area contributed by atoms with Crippen LogP contribution in [-0.2, 0) is 9.53 Å². The summed E-state index contributed by atoms with van der Waals surface area (Å²) in [4.78, 5) is 21.5. The molecule has 1 atom stereocenters. The fourth-order valence-corrected chi connectivity index (χ4v) is 1.16. The van der Waals surface area contributed by atoms with Gasteiger partial charge in [0.25, 0.3) is 0 Å². The van der Waals surface area contributed by atoms with E-state index in [4.69, 9.17) is 7.98 Å². The Morgan fingerprint density at radius 3 is 2.77 bits per heavy atom. The lowest BCUT2D eigenvalue weighted by Crippen LogP contribution is -2.28. The second-order valence-electron chi connectivity index (χ2n) is 2.86. The van der Waals surface area contributed by atoms with Gasteiger partial charge in [0.05, 0.1) is 0 Å². The Morgan fingerprint density at radius 2 is 2.23 bits per heavy atom. The maximum absolute atomic E-state index is 10.9. The number of alkyl carbamates (subject to hydrolysis) is 1. The van der Waals surface area contributed by atoms with Crippen LogP contribution >= 0.6 is 0 Å². The van der Waals surface area contributed by atoms with Gasteiger partial charge in [0, 0.05) is 0 Å². The minimum absolute atomic E-state index is 0.467. The van der Waals surface area contributed by atoms with E-state index in [-0.39, 0.29) is 0 Å². The summed E-state index contributed by atoms with van der Waals surface area (Å²) in [6.07, 6.45) is 1.65. The molecule has 5 nitrogen and oxygen atoms in total. The average molecular weight is 182 g/mol. The highest BCUT2D eigenvalue weighted by Gasteiger charge is 2.31. The Balaban J connectivity index is 2.14. The van der Waals surface area contributed by atoms with E-state index >= 15 is 0 Å². The van der Waals surface area contributed by atoms with Crippen molar-refractivity contribution in [3.8, 4) is 0 Å². The molecule has 2 radical (unpaired) electrons. The van der Waals surface area contributed by atoms with Crippen LogP contribution in [0.5, 0.6) is 0 Å². The number of carbonyl (C=O) groups excluding carboxylic acids is 2. The first-order valence-electron chi connectivity index (χ1n) is 4.19. The second kappa shape index (κ2) is 4.86. The molecular formula is C7H11BN2O3. The van der Waals surface area contributed by atoms with Crippen molar-refractivity contribution < 1.29 is 14.3 Å². The van der Waals surface area contributed by atoms with Crippen LogP contribution in [0.1, 0.15) is 19.3 Å². The van der Waals surface area contributed by atoms with E-state index in [2.05, 4.69) is 15.3 Å². The molecule has 2 N–H and O–H groups in total. The van der Waals surface area contributed by atoms with E-state index in [0.717, 1.165) is 12.8 Å². The zero-order valence-corrected chi connectivity index (χ0v) is 7.21. The van der Waals surface area contributed by atoms with Crippen molar-refractivity contribution in [1.82, 2.24) is 10.5 Å². The number of nitrogens with one attached hydrogen (secondary N) is 2. The molecule has 0 aromatic heterocycles. The van der Waals surface area contributed by atoms with E-state index in [1.807, 2.05) is 0 Å². The molecule has 1 aliphatic rings. The summed E-state index contributed by atoms with van der Waals surface area (Å²) in [7, 11) is 5.06. The molecule has 1 saturated heterocycles. The van der Waals surface area contributed by atoms with Crippen molar-refractivity contribution in [2.45, 2.75) is 25.3 Å². The lowest BCUT2D eigenvalue weighted by atomic mass is 10.1. The summed E-state index contributed by atoms with van der Waals surface area (Å²) in [6.45, 7) is 0.704. The molecule has 0 aromatic carbocycles. The van der Waals surface area contributed by atoms with Gasteiger partial charge in [-0.2, -0.15) is 0 Å². The van der Waals surface area contributed by atoms with Gasteiger partial charge in [-0.05, 0) is 25.8 Å². The molecule has 1 fully saturated rings. The van der Waals surface area contributed by atoms with Gasteiger partial charge in [0.2, 0.25) is 0 Å². The number of rotatable bonds is 5. The minimum atomic E-state index is -0.646. The lowest BCUT2D eigenvalue weighted by Gasteiger charge is -2.04. The summed E-state index contributed by atoms with van der Waals surface area (Å²) < 4.78 is 4.30. The van der Waals surface area contributed by atoms with Crippen LogP contribution in [-0.4, -0.2) is 32.6 Å². The van der Waals surface area contributed by atoms with Gasteiger partial charge in [-0.3, -0.25) is 0 Å². The first kappa shape index (κ1) is 10.0. The van der Waals surface area contributed by atoms with Crippen LogP contribution in [0.3, 0.4) is 0 Å². The number of amides is 1. The Bertz CT molecular complexity index is 210. The number of hydrogen-bond acceptors (Lipinski definition) is 4. The van der Waals surface area contributed by atoms with Gasteiger partial charge >= 0.3 is 12.1 Å². The highest BCUT2D eigenvalue weighted by atomic mass is 16.6. The molecule has 1 amide bonds. The first-order valence-corrected chi connectivity index (χ1v) is 4.19. The number of hydrogen-bond donors (Lipinski definition) is 2. The molecule has 0 unspecified atom stereocenters. The monoisotopic (exact) mass is 182 g/mol. The van der Waals surface area contributed by atoms with Crippen LogP contribution in [0, 0.1) is 0 Å². The Kier molecular flexibility index (Phi) is 3.76. The van der Waals surface area contributed by atoms with Gasteiger partial charge in [-0.25, -0.2) is 9.59 Å². The van der Waals surface area contributed by atoms with Crippen molar-refractivity contribution in [3.05, 3.63) is 0 Å². The van der Waals surface area contributed by atoms with Crippen LogP contribution in [0.2, 0.25) is 0 Å². The molecule has 1 heterocycles. The van der Waals surface area contributed by atoms with Gasteiger partial charge in [0.1, 0.15) is 6.04 Å². The van der Waals surface area contributed by atoms with Crippen LogP contribution in [0.25, 0.3) is 0 Å². The fraction of sp³-hybridized carbons (Fsp3) is 0.714. The zero-order chi connectivity index (χ0) is 9.68. The molecule has 70 valence electrons. The topological polar surface area (TPSA) is 67.4 Å². The summed E-state index contributed by atoms with van der Waals surface area (Å²) in [5, 5.41) is 4.93. The van der Waals surface area contributed by atoms with Crippen molar-refractivity contribution in [3.63, 3.8) is 0 Å². The summed E-state index contributed by atoms with van der Waals surface area (Å²) in [6, 6.07) is -0.467. The fourth-order valence-electron chi connectivity index (χ4n) is 1.16. The SMILES string of the molecule is [B]NCCCC[C@@H]1NC(=O)OC1=O. The predicted molar refractivity (Wildman–Crippen MR) is 46.0 cm³/mol. The summed E-state index contributed by atoms with van der Waals surface area (Å²) in [5.41, 5.74) is 0. The van der Waals surface area contributed by atoms with Gasteiger partial charge in [0.15, 0.2) is 7.98 Å². The Morgan fingerprint density at radius 1 is 1.46 bits per heavy atom. The molecule has 6 heteroatoms. The van der Waals surface area contributed by atoms with Gasteiger partial charge < -0.3 is 15.3 Å². The average Bonchev–Trinajstić information content (AvgIpc) is 2.39. The van der Waals surface area contributed by atoms with Crippen LogP contribution < -0.4 is 10.5 Å². The highest BCUT2D eigenvalue weighted by Crippen LogP contribution is 2.07. The molecule has 0 bridgehead atoms. The largest absolute Gasteiger partial charge is 0.415 e. The number of esters is 1. The summed E-state index contributed by atoms with van der Waals surface area (Å²) >= 11 is 0. The first-order chi connectivity index (χ1) is 6.24. The standard InChI is InChI=1S/C7H11BN2O3/c8-9-4-2-1-3-5-6(11)13-7(12)10-5/h5,9H,1-4H2,(H,10,12)/t5-/m0/s1. The Hall–Kier alpha value is -1.04. The van der Waals surface area contributed by atoms with E-state index in [9.17, 15) is 9.59 Å². The molecule has 0 saturated carbocycles. The maximum Gasteiger partial charge on any atom is 0.415 e.